The van der Waals surface area contributed by atoms with Gasteiger partial charge in [0.2, 0.25) is 10.0 Å². The van der Waals surface area contributed by atoms with Crippen molar-refractivity contribution in [1.82, 2.24) is 4.31 Å². The lowest BCUT2D eigenvalue weighted by Gasteiger charge is -2.32. The highest BCUT2D eigenvalue weighted by molar-refractivity contribution is 9.10. The van der Waals surface area contributed by atoms with Crippen LogP contribution in [0, 0.1) is 0 Å². The monoisotopic (exact) mass is 748 g/mol. The molecule has 0 radical (unpaired) electrons. The molecule has 1 aromatic heterocycles. The molecule has 0 atom stereocenters. The Morgan fingerprint density at radius 3 is 2.48 bits per heavy atom. The zero-order chi connectivity index (χ0) is 32.4. The van der Waals surface area contributed by atoms with Crippen molar-refractivity contribution in [3.05, 3.63) is 55.8 Å². The molecule has 1 aliphatic heterocycles. The fourth-order valence-corrected chi connectivity index (χ4v) is 8.73. The molecule has 3 aromatic rings. The number of halogens is 3. The van der Waals surface area contributed by atoms with Gasteiger partial charge >= 0.3 is 11.9 Å². The second-order valence-electron chi connectivity index (χ2n) is 10.9. The third-order valence-electron chi connectivity index (χ3n) is 6.49. The van der Waals surface area contributed by atoms with E-state index in [2.05, 4.69) is 21.2 Å². The van der Waals surface area contributed by atoms with Gasteiger partial charge in [-0.25, -0.2) is 18.0 Å². The number of phenolic OH excluding ortho intramolecular Hbond substituents is 1. The van der Waals surface area contributed by atoms with Crippen molar-refractivity contribution in [3.63, 3.8) is 0 Å². The number of carbonyl (C=O) groups is 2. The van der Waals surface area contributed by atoms with Crippen LogP contribution < -0.4 is 10.1 Å². The summed E-state index contributed by atoms with van der Waals surface area (Å²) in [6.07, 6.45) is 1.02. The Labute approximate surface area is 278 Å². The van der Waals surface area contributed by atoms with Gasteiger partial charge in [0, 0.05) is 29.8 Å². The molecule has 2 heterocycles. The van der Waals surface area contributed by atoms with E-state index in [0.29, 0.717) is 22.2 Å². The number of aromatic hydroxyl groups is 1. The van der Waals surface area contributed by atoms with Gasteiger partial charge in [-0.1, -0.05) is 35.3 Å². The number of esters is 2. The van der Waals surface area contributed by atoms with Crippen LogP contribution >= 0.6 is 50.5 Å². The molecular weight excluding hydrogens is 719 g/mol. The van der Waals surface area contributed by atoms with Crippen LogP contribution in [0.25, 0.3) is 10.4 Å². The number of hydrogen-bond acceptors (Lipinski definition) is 10. The largest absolute Gasteiger partial charge is 0.505 e. The van der Waals surface area contributed by atoms with Crippen LogP contribution in [0.15, 0.2) is 45.8 Å². The number of nitrogens with one attached hydrogen (secondary N) is 1. The number of sulfonamides is 1. The van der Waals surface area contributed by atoms with Crippen LogP contribution in [-0.2, 0) is 24.3 Å². The van der Waals surface area contributed by atoms with E-state index < -0.39 is 39.9 Å². The number of thiophene rings is 1. The van der Waals surface area contributed by atoms with Gasteiger partial charge in [-0.15, -0.1) is 11.3 Å². The number of ether oxygens (including phenoxy) is 3. The van der Waals surface area contributed by atoms with Gasteiger partial charge in [0.25, 0.3) is 0 Å². The quantitative estimate of drug-likeness (QED) is 0.223. The van der Waals surface area contributed by atoms with E-state index in [0.717, 1.165) is 22.6 Å². The third-order valence-corrected chi connectivity index (χ3v) is 11.1. The van der Waals surface area contributed by atoms with Crippen molar-refractivity contribution in [3.8, 4) is 21.9 Å². The summed E-state index contributed by atoms with van der Waals surface area (Å²) in [5.74, 6) is -1.53. The zero-order valence-electron chi connectivity index (χ0n) is 24.3. The van der Waals surface area contributed by atoms with Gasteiger partial charge in [0.1, 0.15) is 10.5 Å². The van der Waals surface area contributed by atoms with Crippen LogP contribution in [0.5, 0.6) is 11.5 Å². The summed E-state index contributed by atoms with van der Waals surface area (Å²) in [5, 5.41) is 13.7. The van der Waals surface area contributed by atoms with E-state index >= 15 is 0 Å². The van der Waals surface area contributed by atoms with Crippen molar-refractivity contribution < 1.29 is 37.3 Å². The number of anilines is 1. The van der Waals surface area contributed by atoms with Gasteiger partial charge in [-0.3, -0.25) is 0 Å². The molecule has 15 heteroatoms. The van der Waals surface area contributed by atoms with E-state index in [9.17, 15) is 23.1 Å². The first kappa shape index (κ1) is 34.3. The van der Waals surface area contributed by atoms with Crippen LogP contribution in [0.1, 0.15) is 43.3 Å². The Morgan fingerprint density at radius 2 is 1.84 bits per heavy atom. The number of methoxy groups -OCH3 is 1. The Bertz CT molecular complexity index is 1670. The average Bonchev–Trinajstić information content (AvgIpc) is 3.28. The predicted molar refractivity (Wildman–Crippen MR) is 174 cm³/mol. The van der Waals surface area contributed by atoms with Gasteiger partial charge in [0.15, 0.2) is 23.0 Å². The van der Waals surface area contributed by atoms with E-state index in [4.69, 9.17) is 37.4 Å². The van der Waals surface area contributed by atoms with Crippen LogP contribution in [0.3, 0.4) is 0 Å². The van der Waals surface area contributed by atoms with E-state index in [1.165, 1.54) is 23.5 Å². The number of piperidine rings is 1. The van der Waals surface area contributed by atoms with Gasteiger partial charge in [-0.05, 0) is 79.4 Å². The lowest BCUT2D eigenvalue weighted by atomic mass is 10.1. The smallest absolute Gasteiger partial charge is 0.351 e. The van der Waals surface area contributed by atoms with Crippen LogP contribution in [0.4, 0.5) is 5.69 Å². The first-order valence-electron chi connectivity index (χ1n) is 13.4. The maximum atomic E-state index is 13.2. The molecule has 1 fully saturated rings. The van der Waals surface area contributed by atoms with Crippen molar-refractivity contribution in [2.24, 2.45) is 0 Å². The normalized spacial score (nSPS) is 14.7. The van der Waals surface area contributed by atoms with Crippen LogP contribution in [0.2, 0.25) is 10.0 Å². The number of nitrogens with zero attached hydrogens (tertiary/aromatic N) is 1. The number of phenols is 1. The number of carbonyl (C=O) groups excluding carboxylic acids is 2. The second-order valence-corrected chi connectivity index (χ2v) is 15.5. The van der Waals surface area contributed by atoms with Crippen molar-refractivity contribution >= 4 is 78.1 Å². The molecular formula is C29H31BrCl2N2O8S2. The third kappa shape index (κ3) is 7.99. The predicted octanol–water partition coefficient (Wildman–Crippen LogP) is 6.96. The van der Waals surface area contributed by atoms with E-state index in [-0.39, 0.29) is 44.7 Å². The Balaban J connectivity index is 1.48. The molecule has 1 aliphatic rings. The SMILES string of the molecule is COC(=O)c1sc(-c2cccc(NC3CCN(S(=O)(=O)c4cc(Cl)cc(Cl)c4O)CC3)c2)c(Br)c1OCC(=O)OC(C)(C)C. The maximum Gasteiger partial charge on any atom is 0.351 e. The molecule has 4 rings (SSSR count). The van der Waals surface area contributed by atoms with Gasteiger partial charge in [-0.2, -0.15) is 4.31 Å². The first-order chi connectivity index (χ1) is 20.6. The molecule has 1 saturated heterocycles. The van der Waals surface area contributed by atoms with Crippen molar-refractivity contribution in [1.29, 1.82) is 0 Å². The molecule has 10 nitrogen and oxygen atoms in total. The lowest BCUT2D eigenvalue weighted by Crippen LogP contribution is -2.42. The summed E-state index contributed by atoms with van der Waals surface area (Å²) >= 11 is 16.6. The first-order valence-corrected chi connectivity index (χ1v) is 17.2. The highest BCUT2D eigenvalue weighted by Gasteiger charge is 2.33. The molecule has 0 bridgehead atoms. The fraction of sp³-hybridized carbons (Fsp3) is 0.379. The molecule has 2 aromatic carbocycles. The molecule has 0 spiro atoms. The topological polar surface area (TPSA) is 131 Å². The average molecular weight is 751 g/mol. The molecule has 0 amide bonds. The molecule has 2 N–H and O–H groups in total. The zero-order valence-corrected chi connectivity index (χ0v) is 29.0. The minimum Gasteiger partial charge on any atom is -0.505 e. The molecule has 0 aliphatic carbocycles. The Morgan fingerprint density at radius 1 is 1.16 bits per heavy atom. The highest BCUT2D eigenvalue weighted by atomic mass is 79.9. The van der Waals surface area contributed by atoms with Gasteiger partial charge in [0.05, 0.1) is 21.5 Å². The highest BCUT2D eigenvalue weighted by Crippen LogP contribution is 2.46. The minimum absolute atomic E-state index is 0.0293. The van der Waals surface area contributed by atoms with Gasteiger partial charge < -0.3 is 24.6 Å². The molecule has 238 valence electrons. The summed E-state index contributed by atoms with van der Waals surface area (Å²) < 4.78 is 44.2. The Hall–Kier alpha value is -2.55. The number of rotatable bonds is 9. The minimum atomic E-state index is -4.01. The van der Waals surface area contributed by atoms with Crippen LogP contribution in [-0.4, -0.2) is 68.2 Å². The summed E-state index contributed by atoms with van der Waals surface area (Å²) in [6.45, 7) is 5.30. The van der Waals surface area contributed by atoms with Crippen molar-refractivity contribution in [2.75, 3.05) is 32.1 Å². The van der Waals surface area contributed by atoms with Crippen molar-refractivity contribution in [2.45, 2.75) is 50.2 Å². The molecule has 0 unspecified atom stereocenters. The molecule has 0 saturated carbocycles. The second kappa shape index (κ2) is 13.8. The standard InChI is InChI=1S/C29H31BrCl2N2O8S2/c1-29(2,3)42-22(35)15-41-25-23(30)26(43-27(25)28(37)40-4)16-6-5-7-19(12-16)33-18-8-10-34(11-9-18)44(38,39)21-14-17(31)13-20(32)24(21)36/h5-7,12-14,18,33,36H,8-11,15H2,1-4H3. The fourth-order valence-electron chi connectivity index (χ4n) is 4.54. The summed E-state index contributed by atoms with van der Waals surface area (Å²) in [7, 11) is -2.74. The number of benzene rings is 2. The lowest BCUT2D eigenvalue weighted by molar-refractivity contribution is -0.157. The Kier molecular flexibility index (Phi) is 10.8. The van der Waals surface area contributed by atoms with E-state index in [1.54, 1.807) is 20.8 Å². The summed E-state index contributed by atoms with van der Waals surface area (Å²) in [5.41, 5.74) is 0.880. The molecule has 44 heavy (non-hydrogen) atoms. The van der Waals surface area contributed by atoms with E-state index in [1.807, 2.05) is 24.3 Å². The number of hydrogen-bond donors (Lipinski definition) is 2. The summed E-state index contributed by atoms with van der Waals surface area (Å²) in [6, 6.07) is 9.97. The summed E-state index contributed by atoms with van der Waals surface area (Å²) in [4.78, 5) is 25.4. The maximum absolute atomic E-state index is 13.2.